The first-order valence-electron chi connectivity index (χ1n) is 7.45. The lowest BCUT2D eigenvalue weighted by molar-refractivity contribution is 0.475. The van der Waals surface area contributed by atoms with E-state index >= 15 is 0 Å². The number of fused-ring (bicyclic) bond motifs is 1. The molecule has 2 heterocycles. The van der Waals surface area contributed by atoms with Crippen molar-refractivity contribution in [2.45, 2.75) is 0 Å². The molecule has 118 valence electrons. The van der Waals surface area contributed by atoms with E-state index in [0.717, 1.165) is 22.2 Å². The van der Waals surface area contributed by atoms with Crippen molar-refractivity contribution in [2.24, 2.45) is 0 Å². The van der Waals surface area contributed by atoms with Gasteiger partial charge in [0.15, 0.2) is 0 Å². The van der Waals surface area contributed by atoms with Crippen molar-refractivity contribution >= 4 is 28.4 Å². The minimum atomic E-state index is 0.175. The third-order valence-electron chi connectivity index (χ3n) is 3.78. The van der Waals surface area contributed by atoms with Gasteiger partial charge in [-0.2, -0.15) is 4.98 Å². The highest BCUT2D eigenvalue weighted by Gasteiger charge is 2.08. The van der Waals surface area contributed by atoms with Gasteiger partial charge in [-0.25, -0.2) is 4.98 Å². The van der Waals surface area contributed by atoms with Crippen molar-refractivity contribution in [3.63, 3.8) is 0 Å². The number of phenols is 1. The molecule has 6 heteroatoms. The number of H-pyrrole nitrogens is 1. The summed E-state index contributed by atoms with van der Waals surface area (Å²) in [5.74, 6) is 0.945. The molecule has 6 nitrogen and oxygen atoms in total. The Morgan fingerprint density at radius 1 is 1.08 bits per heavy atom. The summed E-state index contributed by atoms with van der Waals surface area (Å²) in [6.07, 6.45) is 3.54. The molecule has 4 aromatic rings. The van der Waals surface area contributed by atoms with E-state index in [1.165, 1.54) is 0 Å². The second-order valence-corrected chi connectivity index (χ2v) is 5.45. The monoisotopic (exact) mass is 317 g/mol. The number of nitrogens with two attached hydrogens (primary N) is 1. The van der Waals surface area contributed by atoms with Crippen LogP contribution in [0.25, 0.3) is 22.0 Å². The Labute approximate surface area is 138 Å². The molecule has 2 aromatic heterocycles. The summed E-state index contributed by atoms with van der Waals surface area (Å²) in [5.41, 5.74) is 9.45. The van der Waals surface area contributed by atoms with Gasteiger partial charge in [-0.1, -0.05) is 12.1 Å². The van der Waals surface area contributed by atoms with Crippen molar-refractivity contribution < 1.29 is 5.11 Å². The Morgan fingerprint density at radius 2 is 2.00 bits per heavy atom. The normalized spacial score (nSPS) is 10.8. The van der Waals surface area contributed by atoms with Crippen LogP contribution in [-0.4, -0.2) is 20.1 Å². The third kappa shape index (κ3) is 2.61. The lowest BCUT2D eigenvalue weighted by atomic mass is 10.1. The number of hydrogen-bond acceptors (Lipinski definition) is 5. The second-order valence-electron chi connectivity index (χ2n) is 5.45. The zero-order valence-corrected chi connectivity index (χ0v) is 12.7. The summed E-state index contributed by atoms with van der Waals surface area (Å²) in [5, 5.41) is 13.8. The summed E-state index contributed by atoms with van der Waals surface area (Å²) in [7, 11) is 0. The fraction of sp³-hybridized carbons (Fsp3) is 0. The number of nitrogen functional groups attached to an aromatic ring is 1. The van der Waals surface area contributed by atoms with Gasteiger partial charge < -0.3 is 21.1 Å². The van der Waals surface area contributed by atoms with E-state index in [1.807, 2.05) is 36.5 Å². The van der Waals surface area contributed by atoms with Gasteiger partial charge in [0.1, 0.15) is 11.6 Å². The number of nitrogens with zero attached hydrogens (tertiary/aromatic N) is 2. The maximum Gasteiger partial charge on any atom is 0.229 e. The highest BCUT2D eigenvalue weighted by Crippen LogP contribution is 2.28. The van der Waals surface area contributed by atoms with Gasteiger partial charge in [0.25, 0.3) is 0 Å². The van der Waals surface area contributed by atoms with Crippen LogP contribution in [0.2, 0.25) is 0 Å². The summed E-state index contributed by atoms with van der Waals surface area (Å²) < 4.78 is 0. The number of phenolic OH excluding ortho intramolecular Hbond substituents is 1. The smallest absolute Gasteiger partial charge is 0.229 e. The van der Waals surface area contributed by atoms with Crippen LogP contribution < -0.4 is 11.1 Å². The molecule has 0 saturated heterocycles. The summed E-state index contributed by atoms with van der Waals surface area (Å²) in [4.78, 5) is 11.8. The molecular formula is C18H15N5O. The van der Waals surface area contributed by atoms with Crippen LogP contribution in [0, 0.1) is 0 Å². The van der Waals surface area contributed by atoms with Gasteiger partial charge in [-0.05, 0) is 42.0 Å². The molecule has 0 saturated carbocycles. The summed E-state index contributed by atoms with van der Waals surface area (Å²) >= 11 is 0. The van der Waals surface area contributed by atoms with E-state index in [9.17, 15) is 5.11 Å². The number of aromatic nitrogens is 3. The zero-order valence-electron chi connectivity index (χ0n) is 12.7. The van der Waals surface area contributed by atoms with Crippen molar-refractivity contribution in [1.82, 2.24) is 15.0 Å². The molecule has 0 atom stereocenters. The maximum absolute atomic E-state index is 9.59. The van der Waals surface area contributed by atoms with E-state index < -0.39 is 0 Å². The molecule has 0 aliphatic heterocycles. The highest BCUT2D eigenvalue weighted by atomic mass is 16.3. The highest BCUT2D eigenvalue weighted by molar-refractivity contribution is 5.84. The van der Waals surface area contributed by atoms with Gasteiger partial charge in [0, 0.05) is 34.5 Å². The molecule has 0 aliphatic carbocycles. The Bertz CT molecular complexity index is 1020. The third-order valence-corrected chi connectivity index (χ3v) is 3.78. The fourth-order valence-electron chi connectivity index (χ4n) is 2.61. The predicted octanol–water partition coefficient (Wildman–Crippen LogP) is 3.66. The second kappa shape index (κ2) is 5.58. The largest absolute Gasteiger partial charge is 0.508 e. The number of anilines is 3. The van der Waals surface area contributed by atoms with Crippen LogP contribution in [0.5, 0.6) is 5.75 Å². The fourth-order valence-corrected chi connectivity index (χ4v) is 2.61. The lowest BCUT2D eigenvalue weighted by Gasteiger charge is -2.09. The standard InChI is InChI=1S/C18H15N5O/c19-17-15(11-2-1-3-14(24)9-11)10-21-18(23-17)22-13-4-5-16-12(8-13)6-7-20-16/h1-10,20,24H,(H3,19,21,22,23). The van der Waals surface area contributed by atoms with Crippen LogP contribution in [-0.2, 0) is 0 Å². The number of benzene rings is 2. The summed E-state index contributed by atoms with van der Waals surface area (Å²) in [6.45, 7) is 0. The van der Waals surface area contributed by atoms with E-state index in [0.29, 0.717) is 17.3 Å². The first-order valence-corrected chi connectivity index (χ1v) is 7.45. The molecule has 0 radical (unpaired) electrons. The number of nitrogens with one attached hydrogen (secondary N) is 2. The van der Waals surface area contributed by atoms with Gasteiger partial charge in [0.05, 0.1) is 0 Å². The quantitative estimate of drug-likeness (QED) is 0.462. The Morgan fingerprint density at radius 3 is 2.83 bits per heavy atom. The molecule has 0 aliphatic rings. The van der Waals surface area contributed by atoms with E-state index in [2.05, 4.69) is 20.3 Å². The van der Waals surface area contributed by atoms with Gasteiger partial charge in [-0.3, -0.25) is 0 Å². The molecule has 2 aromatic carbocycles. The molecule has 5 N–H and O–H groups in total. The van der Waals surface area contributed by atoms with E-state index in [-0.39, 0.29) is 5.75 Å². The SMILES string of the molecule is Nc1nc(Nc2ccc3[nH]ccc3c2)ncc1-c1cccc(O)c1. The number of rotatable bonds is 3. The Hall–Kier alpha value is -3.54. The molecule has 0 bridgehead atoms. The number of aromatic hydroxyl groups is 1. The van der Waals surface area contributed by atoms with Crippen LogP contribution in [0.4, 0.5) is 17.5 Å². The van der Waals surface area contributed by atoms with Gasteiger partial charge >= 0.3 is 0 Å². The summed E-state index contributed by atoms with van der Waals surface area (Å²) in [6, 6.07) is 14.8. The van der Waals surface area contributed by atoms with E-state index in [4.69, 9.17) is 5.73 Å². The van der Waals surface area contributed by atoms with Crippen molar-refractivity contribution in [3.05, 3.63) is 60.9 Å². The van der Waals surface area contributed by atoms with Crippen LogP contribution in [0.1, 0.15) is 0 Å². The first kappa shape index (κ1) is 14.1. The zero-order chi connectivity index (χ0) is 16.5. The first-order chi connectivity index (χ1) is 11.7. The molecular weight excluding hydrogens is 302 g/mol. The average Bonchev–Trinajstić information content (AvgIpc) is 3.02. The number of hydrogen-bond donors (Lipinski definition) is 4. The lowest BCUT2D eigenvalue weighted by Crippen LogP contribution is -2.02. The Kier molecular flexibility index (Phi) is 3.28. The average molecular weight is 317 g/mol. The van der Waals surface area contributed by atoms with Crippen molar-refractivity contribution in [3.8, 4) is 16.9 Å². The van der Waals surface area contributed by atoms with Crippen molar-refractivity contribution in [2.75, 3.05) is 11.1 Å². The van der Waals surface area contributed by atoms with Crippen LogP contribution in [0.15, 0.2) is 60.9 Å². The molecule has 0 fully saturated rings. The minimum Gasteiger partial charge on any atom is -0.508 e. The molecule has 0 unspecified atom stereocenters. The molecule has 4 rings (SSSR count). The topological polar surface area (TPSA) is 99.8 Å². The minimum absolute atomic E-state index is 0.175. The van der Waals surface area contributed by atoms with E-state index in [1.54, 1.807) is 24.4 Å². The van der Waals surface area contributed by atoms with Gasteiger partial charge in [0.2, 0.25) is 5.95 Å². The van der Waals surface area contributed by atoms with Crippen molar-refractivity contribution in [1.29, 1.82) is 0 Å². The Balaban J connectivity index is 1.63. The molecule has 0 spiro atoms. The van der Waals surface area contributed by atoms with Crippen LogP contribution >= 0.6 is 0 Å². The maximum atomic E-state index is 9.59. The van der Waals surface area contributed by atoms with Crippen LogP contribution in [0.3, 0.4) is 0 Å². The predicted molar refractivity (Wildman–Crippen MR) is 95.1 cm³/mol. The van der Waals surface area contributed by atoms with Gasteiger partial charge in [-0.15, -0.1) is 0 Å². The molecule has 24 heavy (non-hydrogen) atoms. The number of aromatic amines is 1. The molecule has 0 amide bonds.